The first-order chi connectivity index (χ1) is 8.17. The fourth-order valence-corrected chi connectivity index (χ4v) is 2.31. The van der Waals surface area contributed by atoms with E-state index in [2.05, 4.69) is 6.07 Å². The molecule has 0 spiro atoms. The number of ether oxygens (including phenoxy) is 1. The van der Waals surface area contributed by atoms with Crippen molar-refractivity contribution < 1.29 is 9.53 Å². The number of benzene rings is 1. The Labute approximate surface area is 101 Å². The number of aryl methyl sites for hydroxylation is 1. The quantitative estimate of drug-likeness (QED) is 0.847. The highest BCUT2D eigenvalue weighted by Crippen LogP contribution is 2.29. The molecule has 0 aromatic heterocycles. The number of methoxy groups -OCH3 is 1. The summed E-state index contributed by atoms with van der Waals surface area (Å²) in [6.45, 7) is 3.86. The van der Waals surface area contributed by atoms with Crippen molar-refractivity contribution in [3.63, 3.8) is 0 Å². The molecule has 1 aliphatic heterocycles. The molecule has 2 N–H and O–H groups in total. The Morgan fingerprint density at radius 2 is 2.24 bits per heavy atom. The molecule has 1 heterocycles. The average Bonchev–Trinajstić information content (AvgIpc) is 2.31. The van der Waals surface area contributed by atoms with Crippen molar-refractivity contribution in [2.45, 2.75) is 13.3 Å². The van der Waals surface area contributed by atoms with Crippen LogP contribution >= 0.6 is 0 Å². The van der Waals surface area contributed by atoms with Crippen molar-refractivity contribution in [3.8, 4) is 5.75 Å². The molecule has 0 aliphatic carbocycles. The highest BCUT2D eigenvalue weighted by atomic mass is 16.5. The standard InChI is InChI=1S/C13H18N2O2/c1-9-7-10-3-5-15(6-4-14)13(16)12(10)11(8-9)17-2/h7-8H,3-6,14H2,1-2H3. The Bertz CT molecular complexity index is 426. The van der Waals surface area contributed by atoms with Crippen LogP contribution in [-0.4, -0.2) is 37.6 Å². The van der Waals surface area contributed by atoms with Gasteiger partial charge in [0.25, 0.3) is 5.91 Å². The van der Waals surface area contributed by atoms with E-state index in [1.54, 1.807) is 12.0 Å². The summed E-state index contributed by atoms with van der Waals surface area (Å²) in [5.74, 6) is 0.709. The van der Waals surface area contributed by atoms with Crippen LogP contribution in [0, 0.1) is 6.92 Å². The second-order valence-corrected chi connectivity index (χ2v) is 4.33. The minimum atomic E-state index is 0.0357. The van der Waals surface area contributed by atoms with Gasteiger partial charge in [0.2, 0.25) is 0 Å². The van der Waals surface area contributed by atoms with Crippen LogP contribution in [0.15, 0.2) is 12.1 Å². The summed E-state index contributed by atoms with van der Waals surface area (Å²) in [5, 5.41) is 0. The molecule has 0 unspecified atom stereocenters. The first-order valence-electron chi connectivity index (χ1n) is 5.84. The van der Waals surface area contributed by atoms with Gasteiger partial charge in [-0.15, -0.1) is 0 Å². The van der Waals surface area contributed by atoms with Crippen molar-refractivity contribution in [1.29, 1.82) is 0 Å². The average molecular weight is 234 g/mol. The largest absolute Gasteiger partial charge is 0.496 e. The number of carbonyl (C=O) groups excluding carboxylic acids is 1. The van der Waals surface area contributed by atoms with Gasteiger partial charge in [-0.3, -0.25) is 4.79 Å². The summed E-state index contributed by atoms with van der Waals surface area (Å²) >= 11 is 0. The molecule has 0 atom stereocenters. The van der Waals surface area contributed by atoms with Crippen molar-refractivity contribution in [2.75, 3.05) is 26.7 Å². The zero-order valence-corrected chi connectivity index (χ0v) is 10.3. The molecule has 4 heteroatoms. The van der Waals surface area contributed by atoms with E-state index < -0.39 is 0 Å². The van der Waals surface area contributed by atoms with Crippen LogP contribution in [0.2, 0.25) is 0 Å². The minimum Gasteiger partial charge on any atom is -0.496 e. The summed E-state index contributed by atoms with van der Waals surface area (Å²) in [4.78, 5) is 14.1. The minimum absolute atomic E-state index is 0.0357. The van der Waals surface area contributed by atoms with Gasteiger partial charge in [0, 0.05) is 19.6 Å². The third-order valence-corrected chi connectivity index (χ3v) is 3.10. The molecule has 0 bridgehead atoms. The van der Waals surface area contributed by atoms with E-state index in [-0.39, 0.29) is 5.91 Å². The fourth-order valence-electron chi connectivity index (χ4n) is 2.31. The summed E-state index contributed by atoms with van der Waals surface area (Å²) in [5.41, 5.74) is 8.43. The molecular weight excluding hydrogens is 216 g/mol. The van der Waals surface area contributed by atoms with Gasteiger partial charge in [-0.1, -0.05) is 6.07 Å². The monoisotopic (exact) mass is 234 g/mol. The number of carbonyl (C=O) groups is 1. The van der Waals surface area contributed by atoms with Gasteiger partial charge in [0.1, 0.15) is 5.75 Å². The predicted molar refractivity (Wildman–Crippen MR) is 66.4 cm³/mol. The van der Waals surface area contributed by atoms with E-state index >= 15 is 0 Å². The topological polar surface area (TPSA) is 55.6 Å². The molecule has 2 rings (SSSR count). The van der Waals surface area contributed by atoms with Gasteiger partial charge >= 0.3 is 0 Å². The zero-order valence-electron chi connectivity index (χ0n) is 10.3. The molecule has 92 valence electrons. The van der Waals surface area contributed by atoms with E-state index in [4.69, 9.17) is 10.5 Å². The maximum Gasteiger partial charge on any atom is 0.257 e. The van der Waals surface area contributed by atoms with Crippen molar-refractivity contribution >= 4 is 5.91 Å². The van der Waals surface area contributed by atoms with Crippen LogP contribution in [0.3, 0.4) is 0 Å². The third-order valence-electron chi connectivity index (χ3n) is 3.10. The smallest absolute Gasteiger partial charge is 0.257 e. The number of nitrogens with zero attached hydrogens (tertiary/aromatic N) is 1. The van der Waals surface area contributed by atoms with Crippen LogP contribution in [0.5, 0.6) is 5.75 Å². The fraction of sp³-hybridized carbons (Fsp3) is 0.462. The molecule has 1 aliphatic rings. The molecule has 0 fully saturated rings. The van der Waals surface area contributed by atoms with E-state index in [1.165, 1.54) is 0 Å². The lowest BCUT2D eigenvalue weighted by atomic mass is 9.96. The van der Waals surface area contributed by atoms with E-state index in [9.17, 15) is 4.79 Å². The first kappa shape index (κ1) is 11.9. The lowest BCUT2D eigenvalue weighted by Crippen LogP contribution is -2.40. The van der Waals surface area contributed by atoms with Crippen molar-refractivity contribution in [3.05, 3.63) is 28.8 Å². The second kappa shape index (κ2) is 4.75. The van der Waals surface area contributed by atoms with Gasteiger partial charge in [-0.05, 0) is 30.5 Å². The molecule has 0 saturated heterocycles. The Morgan fingerprint density at radius 1 is 1.47 bits per heavy atom. The number of amides is 1. The van der Waals surface area contributed by atoms with E-state index in [0.29, 0.717) is 24.4 Å². The van der Waals surface area contributed by atoms with Crippen molar-refractivity contribution in [2.24, 2.45) is 5.73 Å². The summed E-state index contributed by atoms with van der Waals surface area (Å²) in [6.07, 6.45) is 0.874. The summed E-state index contributed by atoms with van der Waals surface area (Å²) in [7, 11) is 1.60. The normalized spacial score (nSPS) is 14.8. The molecule has 4 nitrogen and oxygen atoms in total. The number of rotatable bonds is 3. The highest BCUT2D eigenvalue weighted by Gasteiger charge is 2.27. The van der Waals surface area contributed by atoms with Crippen LogP contribution < -0.4 is 10.5 Å². The number of nitrogens with two attached hydrogens (primary N) is 1. The first-order valence-corrected chi connectivity index (χ1v) is 5.84. The molecule has 0 saturated carbocycles. The van der Waals surface area contributed by atoms with Gasteiger partial charge < -0.3 is 15.4 Å². The summed E-state index contributed by atoms with van der Waals surface area (Å²) in [6, 6.07) is 3.97. The molecule has 1 aromatic rings. The van der Waals surface area contributed by atoms with Crippen molar-refractivity contribution in [1.82, 2.24) is 4.90 Å². The lowest BCUT2D eigenvalue weighted by Gasteiger charge is -2.29. The van der Waals surface area contributed by atoms with Crippen LogP contribution in [0.1, 0.15) is 21.5 Å². The van der Waals surface area contributed by atoms with Crippen LogP contribution in [0.4, 0.5) is 0 Å². The van der Waals surface area contributed by atoms with Gasteiger partial charge in [-0.25, -0.2) is 0 Å². The molecule has 1 aromatic carbocycles. The maximum absolute atomic E-state index is 12.3. The van der Waals surface area contributed by atoms with E-state index in [1.807, 2.05) is 13.0 Å². The Kier molecular flexibility index (Phi) is 3.33. The number of fused-ring (bicyclic) bond motifs is 1. The summed E-state index contributed by atoms with van der Waals surface area (Å²) < 4.78 is 5.31. The third kappa shape index (κ3) is 2.13. The lowest BCUT2D eigenvalue weighted by molar-refractivity contribution is 0.0741. The second-order valence-electron chi connectivity index (χ2n) is 4.33. The molecule has 17 heavy (non-hydrogen) atoms. The number of hydrogen-bond donors (Lipinski definition) is 1. The van der Waals surface area contributed by atoms with Gasteiger partial charge in [0.05, 0.1) is 12.7 Å². The molecular formula is C13H18N2O2. The Balaban J connectivity index is 2.43. The van der Waals surface area contributed by atoms with Gasteiger partial charge in [0.15, 0.2) is 0 Å². The number of hydrogen-bond acceptors (Lipinski definition) is 3. The van der Waals surface area contributed by atoms with Crippen LogP contribution in [-0.2, 0) is 6.42 Å². The molecule has 0 radical (unpaired) electrons. The molecule has 1 amide bonds. The Morgan fingerprint density at radius 3 is 2.88 bits per heavy atom. The Hall–Kier alpha value is -1.55. The van der Waals surface area contributed by atoms with Crippen LogP contribution in [0.25, 0.3) is 0 Å². The SMILES string of the molecule is COc1cc(C)cc2c1C(=O)N(CCN)CC2. The van der Waals surface area contributed by atoms with E-state index in [0.717, 1.165) is 24.1 Å². The van der Waals surface area contributed by atoms with Gasteiger partial charge in [-0.2, -0.15) is 0 Å². The predicted octanol–water partition coefficient (Wildman–Crippen LogP) is 0.961. The maximum atomic E-state index is 12.3. The highest BCUT2D eigenvalue weighted by molar-refractivity contribution is 5.99. The zero-order chi connectivity index (χ0) is 12.4.